The van der Waals surface area contributed by atoms with Crippen molar-refractivity contribution in [2.45, 2.75) is 13.1 Å². The summed E-state index contributed by atoms with van der Waals surface area (Å²) in [7, 11) is 1.49. The first kappa shape index (κ1) is 19.8. The number of hydrogen-bond donors (Lipinski definition) is 1. The molecule has 0 saturated carbocycles. The summed E-state index contributed by atoms with van der Waals surface area (Å²) in [6, 6.07) is 5.64. The topological polar surface area (TPSA) is 87.5 Å². The van der Waals surface area contributed by atoms with Crippen LogP contribution in [0.15, 0.2) is 24.3 Å². The van der Waals surface area contributed by atoms with E-state index in [0.29, 0.717) is 30.4 Å². The summed E-state index contributed by atoms with van der Waals surface area (Å²) in [6.45, 7) is 1.79. The van der Waals surface area contributed by atoms with Gasteiger partial charge in [-0.3, -0.25) is 9.48 Å². The number of anilines is 1. The number of pyridine rings is 1. The highest BCUT2D eigenvalue weighted by molar-refractivity contribution is 5.92. The number of aryl methyl sites for hydroxylation is 2. The molecule has 2 aromatic heterocycles. The van der Waals surface area contributed by atoms with E-state index in [0.717, 1.165) is 6.07 Å². The molecule has 4 rings (SSSR count). The van der Waals surface area contributed by atoms with Crippen LogP contribution in [0.25, 0.3) is 11.0 Å². The van der Waals surface area contributed by atoms with E-state index in [9.17, 15) is 18.0 Å². The standard InChI is InChI=1S/C19H17F3N4O4/c1-10-17-12(19(20,21)22)8-16(24-18(17)26(2)25-10)30-9-15(27)23-11-3-4-13-14(7-11)29-6-5-28-13/h3-4,7-8H,5-6,9H2,1-2H3,(H,23,27). The Kier molecular flexibility index (Phi) is 4.88. The second kappa shape index (κ2) is 7.39. The summed E-state index contributed by atoms with van der Waals surface area (Å²) < 4.78 is 57.8. The molecule has 0 radical (unpaired) electrons. The van der Waals surface area contributed by atoms with Crippen LogP contribution in [0.5, 0.6) is 17.4 Å². The minimum atomic E-state index is -4.62. The largest absolute Gasteiger partial charge is 0.486 e. The van der Waals surface area contributed by atoms with Gasteiger partial charge in [-0.2, -0.15) is 23.3 Å². The Balaban J connectivity index is 1.51. The summed E-state index contributed by atoms with van der Waals surface area (Å²) in [6.07, 6.45) is -4.62. The summed E-state index contributed by atoms with van der Waals surface area (Å²) in [5.74, 6) is 0.172. The SMILES string of the molecule is Cc1nn(C)c2nc(OCC(=O)Nc3ccc4c(c3)OCCO4)cc(C(F)(F)F)c12. The molecule has 0 saturated heterocycles. The van der Waals surface area contributed by atoms with Gasteiger partial charge < -0.3 is 19.5 Å². The molecule has 1 aliphatic heterocycles. The van der Waals surface area contributed by atoms with Gasteiger partial charge in [0.2, 0.25) is 5.88 Å². The van der Waals surface area contributed by atoms with Crippen LogP contribution < -0.4 is 19.5 Å². The molecular formula is C19H17F3N4O4. The first-order valence-electron chi connectivity index (χ1n) is 8.96. The first-order chi connectivity index (χ1) is 14.2. The number of amides is 1. The van der Waals surface area contributed by atoms with E-state index in [-0.39, 0.29) is 22.6 Å². The molecule has 11 heteroatoms. The molecule has 158 valence electrons. The molecule has 0 aliphatic carbocycles. The summed E-state index contributed by atoms with van der Waals surface area (Å²) in [5, 5.41) is 6.48. The predicted octanol–water partition coefficient (Wildman–Crippen LogP) is 3.08. The Morgan fingerprint density at radius 2 is 1.97 bits per heavy atom. The van der Waals surface area contributed by atoms with Gasteiger partial charge in [-0.1, -0.05) is 0 Å². The van der Waals surface area contributed by atoms with Crippen molar-refractivity contribution in [3.8, 4) is 17.4 Å². The van der Waals surface area contributed by atoms with Gasteiger partial charge in [0.25, 0.3) is 5.91 Å². The number of benzene rings is 1. The maximum atomic E-state index is 13.5. The van der Waals surface area contributed by atoms with E-state index in [1.807, 2.05) is 0 Å². The third kappa shape index (κ3) is 3.82. The van der Waals surface area contributed by atoms with Crippen LogP contribution in [0, 0.1) is 6.92 Å². The average molecular weight is 422 g/mol. The maximum Gasteiger partial charge on any atom is 0.417 e. The molecule has 3 heterocycles. The number of carbonyl (C=O) groups excluding carboxylic acids is 1. The number of halogens is 3. The summed E-state index contributed by atoms with van der Waals surface area (Å²) in [4.78, 5) is 16.3. The van der Waals surface area contributed by atoms with Crippen LogP contribution in [-0.2, 0) is 18.0 Å². The van der Waals surface area contributed by atoms with Gasteiger partial charge in [0, 0.05) is 24.9 Å². The molecule has 30 heavy (non-hydrogen) atoms. The molecule has 8 nitrogen and oxygen atoms in total. The highest BCUT2D eigenvalue weighted by atomic mass is 19.4. The lowest BCUT2D eigenvalue weighted by Gasteiger charge is -2.19. The van der Waals surface area contributed by atoms with E-state index < -0.39 is 24.3 Å². The Labute approximate surface area is 168 Å². The zero-order valence-electron chi connectivity index (χ0n) is 16.0. The van der Waals surface area contributed by atoms with E-state index >= 15 is 0 Å². The van der Waals surface area contributed by atoms with Crippen LogP contribution in [0.1, 0.15) is 11.3 Å². The van der Waals surface area contributed by atoms with Crippen LogP contribution >= 0.6 is 0 Å². The smallest absolute Gasteiger partial charge is 0.417 e. The second-order valence-corrected chi connectivity index (χ2v) is 6.61. The Hall–Kier alpha value is -3.50. The zero-order chi connectivity index (χ0) is 21.5. The first-order valence-corrected chi connectivity index (χ1v) is 8.96. The van der Waals surface area contributed by atoms with Crippen molar-refractivity contribution in [1.29, 1.82) is 0 Å². The molecule has 0 unspecified atom stereocenters. The zero-order valence-corrected chi connectivity index (χ0v) is 16.0. The highest BCUT2D eigenvalue weighted by Gasteiger charge is 2.35. The van der Waals surface area contributed by atoms with Gasteiger partial charge >= 0.3 is 6.18 Å². The van der Waals surface area contributed by atoms with Crippen molar-refractivity contribution in [1.82, 2.24) is 14.8 Å². The van der Waals surface area contributed by atoms with Crippen LogP contribution in [0.2, 0.25) is 0 Å². The number of carbonyl (C=O) groups is 1. The lowest BCUT2D eigenvalue weighted by atomic mass is 10.1. The molecule has 0 fully saturated rings. The number of rotatable bonds is 4. The van der Waals surface area contributed by atoms with Gasteiger partial charge in [0.1, 0.15) is 13.2 Å². The fourth-order valence-corrected chi connectivity index (χ4v) is 3.18. The minimum Gasteiger partial charge on any atom is -0.486 e. The Morgan fingerprint density at radius 3 is 2.70 bits per heavy atom. The highest BCUT2D eigenvalue weighted by Crippen LogP contribution is 2.37. The van der Waals surface area contributed by atoms with Crippen LogP contribution in [-0.4, -0.2) is 40.5 Å². The normalized spacial score (nSPS) is 13.4. The Bertz CT molecular complexity index is 1130. The van der Waals surface area contributed by atoms with E-state index in [1.54, 1.807) is 18.2 Å². The molecule has 1 N–H and O–H groups in total. The molecule has 0 atom stereocenters. The van der Waals surface area contributed by atoms with Crippen molar-refractivity contribution < 1.29 is 32.2 Å². The van der Waals surface area contributed by atoms with Crippen molar-refractivity contribution >= 4 is 22.6 Å². The van der Waals surface area contributed by atoms with E-state index in [2.05, 4.69) is 15.4 Å². The number of alkyl halides is 3. The summed E-state index contributed by atoms with van der Waals surface area (Å²) in [5.41, 5.74) is -0.255. The lowest BCUT2D eigenvalue weighted by Crippen LogP contribution is -2.21. The number of hydrogen-bond acceptors (Lipinski definition) is 6. The maximum absolute atomic E-state index is 13.5. The number of nitrogens with zero attached hydrogens (tertiary/aromatic N) is 3. The molecule has 0 spiro atoms. The molecule has 0 bridgehead atoms. The second-order valence-electron chi connectivity index (χ2n) is 6.61. The third-order valence-electron chi connectivity index (χ3n) is 4.43. The molecule has 1 aliphatic rings. The summed E-state index contributed by atoms with van der Waals surface area (Å²) >= 11 is 0. The predicted molar refractivity (Wildman–Crippen MR) is 99.8 cm³/mol. The molecule has 1 aromatic carbocycles. The number of aromatic nitrogens is 3. The Morgan fingerprint density at radius 1 is 1.23 bits per heavy atom. The molecule has 3 aromatic rings. The number of nitrogens with one attached hydrogen (secondary N) is 1. The fraction of sp³-hybridized carbons (Fsp3) is 0.316. The van der Waals surface area contributed by atoms with Crippen molar-refractivity contribution in [2.75, 3.05) is 25.1 Å². The monoisotopic (exact) mass is 422 g/mol. The van der Waals surface area contributed by atoms with Crippen molar-refractivity contribution in [3.63, 3.8) is 0 Å². The van der Waals surface area contributed by atoms with Gasteiger partial charge in [0.15, 0.2) is 23.8 Å². The van der Waals surface area contributed by atoms with Crippen LogP contribution in [0.4, 0.5) is 18.9 Å². The molecular weight excluding hydrogens is 405 g/mol. The van der Waals surface area contributed by atoms with Crippen molar-refractivity contribution in [2.24, 2.45) is 7.05 Å². The molecule has 1 amide bonds. The number of ether oxygens (including phenoxy) is 3. The fourth-order valence-electron chi connectivity index (χ4n) is 3.18. The van der Waals surface area contributed by atoms with E-state index in [1.165, 1.54) is 18.7 Å². The number of fused-ring (bicyclic) bond motifs is 2. The third-order valence-corrected chi connectivity index (χ3v) is 4.43. The van der Waals surface area contributed by atoms with Gasteiger partial charge in [-0.25, -0.2) is 0 Å². The van der Waals surface area contributed by atoms with Gasteiger partial charge in [0.05, 0.1) is 16.6 Å². The van der Waals surface area contributed by atoms with Gasteiger partial charge in [-0.05, 0) is 19.1 Å². The van der Waals surface area contributed by atoms with Crippen LogP contribution in [0.3, 0.4) is 0 Å². The van der Waals surface area contributed by atoms with Gasteiger partial charge in [-0.15, -0.1) is 0 Å². The van der Waals surface area contributed by atoms with Crippen molar-refractivity contribution in [3.05, 3.63) is 35.5 Å². The minimum absolute atomic E-state index is 0.0181. The average Bonchev–Trinajstić information content (AvgIpc) is 2.98. The van der Waals surface area contributed by atoms with E-state index in [4.69, 9.17) is 14.2 Å². The quantitative estimate of drug-likeness (QED) is 0.695. The lowest BCUT2D eigenvalue weighted by molar-refractivity contribution is -0.136.